The molecule has 0 aliphatic rings. The van der Waals surface area contributed by atoms with E-state index in [0.717, 1.165) is 12.2 Å². The van der Waals surface area contributed by atoms with Crippen LogP contribution in [0.5, 0.6) is 0 Å². The summed E-state index contributed by atoms with van der Waals surface area (Å²) >= 11 is 0. The Labute approximate surface area is 88.4 Å². The summed E-state index contributed by atoms with van der Waals surface area (Å²) in [4.78, 5) is 12.3. The lowest BCUT2D eigenvalue weighted by molar-refractivity contribution is 1.10. The lowest BCUT2D eigenvalue weighted by atomic mass is 10.2. The van der Waals surface area contributed by atoms with Gasteiger partial charge in [-0.2, -0.15) is 0 Å². The zero-order valence-corrected chi connectivity index (χ0v) is 8.51. The predicted molar refractivity (Wildman–Crippen MR) is 58.9 cm³/mol. The molecule has 0 unspecified atom stereocenters. The molecular formula is C11H12N4. The van der Waals surface area contributed by atoms with Gasteiger partial charge in [-0.1, -0.05) is 6.92 Å². The Hall–Kier alpha value is -1.97. The molecule has 4 nitrogen and oxygen atoms in total. The van der Waals surface area contributed by atoms with Crippen molar-refractivity contribution in [3.05, 3.63) is 42.4 Å². The van der Waals surface area contributed by atoms with Gasteiger partial charge in [0.15, 0.2) is 0 Å². The number of nitrogens with zero attached hydrogens (tertiary/aromatic N) is 3. The number of hydrogen-bond donors (Lipinski definition) is 1. The first kappa shape index (κ1) is 9.58. The van der Waals surface area contributed by atoms with Gasteiger partial charge in [-0.05, 0) is 30.2 Å². The first-order chi connectivity index (χ1) is 7.38. The molecule has 2 rings (SSSR count). The number of nitrogens with one attached hydrogen (secondary N) is 1. The van der Waals surface area contributed by atoms with Crippen LogP contribution in [0.15, 0.2) is 36.8 Å². The summed E-state index contributed by atoms with van der Waals surface area (Å²) in [6, 6.07) is 5.77. The van der Waals surface area contributed by atoms with Crippen molar-refractivity contribution in [2.24, 2.45) is 0 Å². The lowest BCUT2D eigenvalue weighted by Crippen LogP contribution is -1.98. The molecule has 76 valence electrons. The van der Waals surface area contributed by atoms with Crippen LogP contribution in [0.1, 0.15) is 12.5 Å². The van der Waals surface area contributed by atoms with Crippen molar-refractivity contribution < 1.29 is 0 Å². The standard InChI is InChI=1S/C11H12N4/c1-2-9-4-7-12-10(8-9)15-11-13-5-3-6-14-11/h3-8H,2H2,1H3,(H,12,13,14,15). The van der Waals surface area contributed by atoms with E-state index in [-0.39, 0.29) is 0 Å². The summed E-state index contributed by atoms with van der Waals surface area (Å²) in [5.74, 6) is 1.35. The Balaban J connectivity index is 2.17. The van der Waals surface area contributed by atoms with Gasteiger partial charge in [0.2, 0.25) is 5.95 Å². The molecule has 1 N–H and O–H groups in total. The van der Waals surface area contributed by atoms with Crippen LogP contribution < -0.4 is 5.32 Å². The second-order valence-electron chi connectivity index (χ2n) is 3.10. The maximum absolute atomic E-state index is 4.19. The van der Waals surface area contributed by atoms with Crippen LogP contribution in [0.25, 0.3) is 0 Å². The minimum atomic E-state index is 0.568. The molecule has 0 aliphatic carbocycles. The van der Waals surface area contributed by atoms with Gasteiger partial charge in [0.05, 0.1) is 0 Å². The summed E-state index contributed by atoms with van der Waals surface area (Å²) in [5.41, 5.74) is 1.24. The fraction of sp³-hybridized carbons (Fsp3) is 0.182. The quantitative estimate of drug-likeness (QED) is 0.825. The highest BCUT2D eigenvalue weighted by Crippen LogP contribution is 2.10. The Morgan fingerprint density at radius 3 is 2.67 bits per heavy atom. The topological polar surface area (TPSA) is 50.7 Å². The van der Waals surface area contributed by atoms with Crippen molar-refractivity contribution in [2.75, 3.05) is 5.32 Å². The molecule has 15 heavy (non-hydrogen) atoms. The van der Waals surface area contributed by atoms with Crippen LogP contribution in [0, 0.1) is 0 Å². The van der Waals surface area contributed by atoms with E-state index in [2.05, 4.69) is 27.2 Å². The van der Waals surface area contributed by atoms with Crippen LogP contribution in [0.3, 0.4) is 0 Å². The van der Waals surface area contributed by atoms with Crippen LogP contribution >= 0.6 is 0 Å². The highest BCUT2D eigenvalue weighted by Gasteiger charge is 1.97. The summed E-state index contributed by atoms with van der Waals surface area (Å²) in [6.07, 6.45) is 6.16. The Bertz CT molecular complexity index is 428. The normalized spacial score (nSPS) is 9.93. The molecule has 0 atom stereocenters. The van der Waals surface area contributed by atoms with Crippen molar-refractivity contribution in [3.63, 3.8) is 0 Å². The fourth-order valence-electron chi connectivity index (χ4n) is 1.24. The predicted octanol–water partition coefficient (Wildman–Crippen LogP) is 2.18. The molecule has 0 radical (unpaired) electrons. The zero-order valence-electron chi connectivity index (χ0n) is 8.51. The van der Waals surface area contributed by atoms with E-state index in [1.165, 1.54) is 5.56 Å². The van der Waals surface area contributed by atoms with Crippen LogP contribution in [-0.4, -0.2) is 15.0 Å². The Morgan fingerprint density at radius 1 is 1.13 bits per heavy atom. The molecule has 2 heterocycles. The SMILES string of the molecule is CCc1ccnc(Nc2ncccn2)c1. The summed E-state index contributed by atoms with van der Waals surface area (Å²) in [5, 5.41) is 3.05. The van der Waals surface area contributed by atoms with E-state index < -0.39 is 0 Å². The Kier molecular flexibility index (Phi) is 2.88. The highest BCUT2D eigenvalue weighted by molar-refractivity contribution is 5.48. The second-order valence-corrected chi connectivity index (χ2v) is 3.10. The number of rotatable bonds is 3. The van der Waals surface area contributed by atoms with Gasteiger partial charge >= 0.3 is 0 Å². The van der Waals surface area contributed by atoms with Crippen LogP contribution in [0.2, 0.25) is 0 Å². The number of hydrogen-bond acceptors (Lipinski definition) is 4. The molecule has 0 spiro atoms. The number of aryl methyl sites for hydroxylation is 1. The molecule has 0 bridgehead atoms. The smallest absolute Gasteiger partial charge is 0.228 e. The van der Waals surface area contributed by atoms with Gasteiger partial charge < -0.3 is 5.32 Å². The van der Waals surface area contributed by atoms with Crippen LogP contribution in [-0.2, 0) is 6.42 Å². The van der Waals surface area contributed by atoms with Gasteiger partial charge in [-0.15, -0.1) is 0 Å². The summed E-state index contributed by atoms with van der Waals surface area (Å²) in [6.45, 7) is 2.11. The number of pyridine rings is 1. The zero-order chi connectivity index (χ0) is 10.5. The summed E-state index contributed by atoms with van der Waals surface area (Å²) < 4.78 is 0. The van der Waals surface area contributed by atoms with E-state index in [4.69, 9.17) is 0 Å². The van der Waals surface area contributed by atoms with Crippen molar-refractivity contribution >= 4 is 11.8 Å². The maximum Gasteiger partial charge on any atom is 0.228 e. The van der Waals surface area contributed by atoms with Gasteiger partial charge in [0.25, 0.3) is 0 Å². The van der Waals surface area contributed by atoms with E-state index >= 15 is 0 Å². The van der Waals surface area contributed by atoms with Crippen molar-refractivity contribution in [2.45, 2.75) is 13.3 Å². The van der Waals surface area contributed by atoms with E-state index in [1.807, 2.05) is 12.1 Å². The molecular weight excluding hydrogens is 188 g/mol. The minimum absolute atomic E-state index is 0.568. The molecule has 0 fully saturated rings. The first-order valence-electron chi connectivity index (χ1n) is 4.87. The second kappa shape index (κ2) is 4.50. The molecule has 2 aromatic heterocycles. The van der Waals surface area contributed by atoms with Gasteiger partial charge in [-0.3, -0.25) is 0 Å². The van der Waals surface area contributed by atoms with E-state index in [1.54, 1.807) is 24.7 Å². The third-order valence-electron chi connectivity index (χ3n) is 2.04. The lowest BCUT2D eigenvalue weighted by Gasteiger charge is -2.04. The minimum Gasteiger partial charge on any atom is -0.309 e. The number of anilines is 2. The molecule has 2 aromatic rings. The van der Waals surface area contributed by atoms with E-state index in [0.29, 0.717) is 5.95 Å². The van der Waals surface area contributed by atoms with Gasteiger partial charge in [-0.25, -0.2) is 15.0 Å². The monoisotopic (exact) mass is 200 g/mol. The highest BCUT2D eigenvalue weighted by atomic mass is 15.1. The molecule has 4 heteroatoms. The average molecular weight is 200 g/mol. The molecule has 0 aromatic carbocycles. The molecule has 0 saturated carbocycles. The third-order valence-corrected chi connectivity index (χ3v) is 2.04. The average Bonchev–Trinajstić information content (AvgIpc) is 2.31. The van der Waals surface area contributed by atoms with Crippen molar-refractivity contribution in [3.8, 4) is 0 Å². The maximum atomic E-state index is 4.19. The largest absolute Gasteiger partial charge is 0.309 e. The first-order valence-corrected chi connectivity index (χ1v) is 4.87. The van der Waals surface area contributed by atoms with Crippen molar-refractivity contribution in [1.82, 2.24) is 15.0 Å². The van der Waals surface area contributed by atoms with Gasteiger partial charge in [0, 0.05) is 18.6 Å². The van der Waals surface area contributed by atoms with Crippen LogP contribution in [0.4, 0.5) is 11.8 Å². The molecule has 0 saturated heterocycles. The Morgan fingerprint density at radius 2 is 1.93 bits per heavy atom. The summed E-state index contributed by atoms with van der Waals surface area (Å²) in [7, 11) is 0. The van der Waals surface area contributed by atoms with Gasteiger partial charge in [0.1, 0.15) is 5.82 Å². The fourth-order valence-corrected chi connectivity index (χ4v) is 1.24. The molecule has 0 amide bonds. The molecule has 0 aliphatic heterocycles. The van der Waals surface area contributed by atoms with E-state index in [9.17, 15) is 0 Å². The number of aromatic nitrogens is 3. The third kappa shape index (κ3) is 2.49. The van der Waals surface area contributed by atoms with Crippen molar-refractivity contribution in [1.29, 1.82) is 0 Å².